The lowest BCUT2D eigenvalue weighted by molar-refractivity contribution is -0.123. The van der Waals surface area contributed by atoms with Gasteiger partial charge in [-0.15, -0.1) is 0 Å². The van der Waals surface area contributed by atoms with Gasteiger partial charge < -0.3 is 10.6 Å². The van der Waals surface area contributed by atoms with Gasteiger partial charge in [0.1, 0.15) is 0 Å². The molecule has 1 rings (SSSR count). The second-order valence-electron chi connectivity index (χ2n) is 4.40. The van der Waals surface area contributed by atoms with E-state index in [0.717, 1.165) is 10.0 Å². The van der Waals surface area contributed by atoms with E-state index in [0.29, 0.717) is 6.54 Å². The molecule has 3 nitrogen and oxygen atoms in total. The number of nitrogens with one attached hydrogen (secondary N) is 2. The Labute approximate surface area is 111 Å². The molecule has 0 heterocycles. The summed E-state index contributed by atoms with van der Waals surface area (Å²) in [7, 11) is 0. The number of amides is 1. The minimum Gasteiger partial charge on any atom is -0.353 e. The molecular weight excluding hydrogens is 280 g/mol. The van der Waals surface area contributed by atoms with Crippen LogP contribution in [0.5, 0.6) is 0 Å². The van der Waals surface area contributed by atoms with Crippen LogP contribution in [0.25, 0.3) is 0 Å². The first-order chi connectivity index (χ1) is 7.99. The number of hydrogen-bond acceptors (Lipinski definition) is 2. The third kappa shape index (κ3) is 5.33. The van der Waals surface area contributed by atoms with E-state index < -0.39 is 0 Å². The van der Waals surface area contributed by atoms with Crippen molar-refractivity contribution in [2.45, 2.75) is 39.4 Å². The molecule has 0 fully saturated rings. The second-order valence-corrected chi connectivity index (χ2v) is 5.31. The summed E-state index contributed by atoms with van der Waals surface area (Å²) in [6.07, 6.45) is 0. The fourth-order valence-electron chi connectivity index (χ4n) is 1.42. The van der Waals surface area contributed by atoms with Gasteiger partial charge in [0.15, 0.2) is 0 Å². The molecule has 0 aromatic heterocycles. The van der Waals surface area contributed by atoms with E-state index in [1.54, 1.807) is 0 Å². The molecule has 1 atom stereocenters. The quantitative estimate of drug-likeness (QED) is 0.877. The van der Waals surface area contributed by atoms with Gasteiger partial charge in [-0.3, -0.25) is 4.79 Å². The molecule has 0 aliphatic heterocycles. The van der Waals surface area contributed by atoms with Gasteiger partial charge >= 0.3 is 0 Å². The van der Waals surface area contributed by atoms with Gasteiger partial charge in [-0.05, 0) is 38.5 Å². The number of benzene rings is 1. The van der Waals surface area contributed by atoms with Gasteiger partial charge in [0.2, 0.25) is 5.91 Å². The molecule has 1 unspecified atom stereocenters. The first-order valence-electron chi connectivity index (χ1n) is 5.77. The summed E-state index contributed by atoms with van der Waals surface area (Å²) in [6.45, 7) is 6.47. The second kappa shape index (κ2) is 6.77. The molecule has 1 aromatic carbocycles. The molecule has 94 valence electrons. The van der Waals surface area contributed by atoms with Crippen LogP contribution in [0.15, 0.2) is 28.7 Å². The number of carbonyl (C=O) groups excluding carboxylic acids is 1. The lowest BCUT2D eigenvalue weighted by Crippen LogP contribution is -2.44. The minimum atomic E-state index is -0.184. The van der Waals surface area contributed by atoms with Crippen molar-refractivity contribution in [2.75, 3.05) is 0 Å². The third-order valence-corrected chi connectivity index (χ3v) is 2.82. The van der Waals surface area contributed by atoms with Crippen molar-refractivity contribution in [1.82, 2.24) is 10.6 Å². The summed E-state index contributed by atoms with van der Waals surface area (Å²) < 4.78 is 1.05. The molecule has 1 aromatic rings. The Balaban J connectivity index is 2.42. The fourth-order valence-corrected chi connectivity index (χ4v) is 1.87. The van der Waals surface area contributed by atoms with Gasteiger partial charge in [-0.1, -0.05) is 28.1 Å². The lowest BCUT2D eigenvalue weighted by atomic mass is 10.2. The maximum Gasteiger partial charge on any atom is 0.237 e. The highest BCUT2D eigenvalue weighted by atomic mass is 79.9. The van der Waals surface area contributed by atoms with Crippen LogP contribution in [0.2, 0.25) is 0 Å². The van der Waals surface area contributed by atoms with Crippen molar-refractivity contribution in [3.05, 3.63) is 34.3 Å². The molecule has 17 heavy (non-hydrogen) atoms. The highest BCUT2D eigenvalue weighted by molar-refractivity contribution is 9.10. The van der Waals surface area contributed by atoms with Crippen LogP contribution in [0.4, 0.5) is 0 Å². The van der Waals surface area contributed by atoms with E-state index in [1.165, 1.54) is 0 Å². The van der Waals surface area contributed by atoms with Crippen molar-refractivity contribution in [3.8, 4) is 0 Å². The molecule has 0 bridgehead atoms. The van der Waals surface area contributed by atoms with Crippen LogP contribution < -0.4 is 10.6 Å². The summed E-state index contributed by atoms with van der Waals surface area (Å²) >= 11 is 3.42. The van der Waals surface area contributed by atoms with E-state index >= 15 is 0 Å². The van der Waals surface area contributed by atoms with Crippen LogP contribution in [-0.4, -0.2) is 18.0 Å². The average Bonchev–Trinajstić information content (AvgIpc) is 2.25. The van der Waals surface area contributed by atoms with Crippen molar-refractivity contribution in [3.63, 3.8) is 0 Å². The molecule has 2 N–H and O–H groups in total. The Kier molecular flexibility index (Phi) is 5.65. The predicted octanol–water partition coefficient (Wildman–Crippen LogP) is 2.45. The molecule has 4 heteroatoms. The zero-order valence-electron chi connectivity index (χ0n) is 10.5. The van der Waals surface area contributed by atoms with Crippen molar-refractivity contribution in [1.29, 1.82) is 0 Å². The Bertz CT molecular complexity index is 379. The highest BCUT2D eigenvalue weighted by Gasteiger charge is 2.12. The van der Waals surface area contributed by atoms with Crippen molar-refractivity contribution >= 4 is 21.8 Å². The standard InChI is InChI=1S/C13H19BrN2O/c1-9(2)16-13(17)10(3)15-8-11-5-4-6-12(14)7-11/h4-7,9-10,15H,8H2,1-3H3,(H,16,17). The van der Waals surface area contributed by atoms with E-state index in [-0.39, 0.29) is 18.0 Å². The molecule has 0 saturated carbocycles. The van der Waals surface area contributed by atoms with Crippen LogP contribution in [0.1, 0.15) is 26.3 Å². The number of carbonyl (C=O) groups is 1. The topological polar surface area (TPSA) is 41.1 Å². The first kappa shape index (κ1) is 14.2. The molecule has 0 aliphatic carbocycles. The molecule has 0 spiro atoms. The lowest BCUT2D eigenvalue weighted by Gasteiger charge is -2.16. The summed E-state index contributed by atoms with van der Waals surface area (Å²) in [5.41, 5.74) is 1.16. The minimum absolute atomic E-state index is 0.0370. The van der Waals surface area contributed by atoms with E-state index in [9.17, 15) is 4.79 Å². The highest BCUT2D eigenvalue weighted by Crippen LogP contribution is 2.11. The third-order valence-electron chi connectivity index (χ3n) is 2.33. The maximum atomic E-state index is 11.7. The fraction of sp³-hybridized carbons (Fsp3) is 0.462. The number of halogens is 1. The van der Waals surface area contributed by atoms with Crippen LogP contribution in [-0.2, 0) is 11.3 Å². The largest absolute Gasteiger partial charge is 0.353 e. The Morgan fingerprint density at radius 1 is 1.35 bits per heavy atom. The normalized spacial score (nSPS) is 12.5. The van der Waals surface area contributed by atoms with Gasteiger partial charge in [0.05, 0.1) is 6.04 Å². The molecular formula is C13H19BrN2O. The summed E-state index contributed by atoms with van der Waals surface area (Å²) in [5, 5.41) is 6.08. The van der Waals surface area contributed by atoms with E-state index in [1.807, 2.05) is 45.0 Å². The van der Waals surface area contributed by atoms with Crippen LogP contribution in [0, 0.1) is 0 Å². The average molecular weight is 299 g/mol. The van der Waals surface area contributed by atoms with Crippen molar-refractivity contribution < 1.29 is 4.79 Å². The zero-order valence-corrected chi connectivity index (χ0v) is 12.0. The van der Waals surface area contributed by atoms with Crippen LogP contribution in [0.3, 0.4) is 0 Å². The Hall–Kier alpha value is -0.870. The molecule has 1 amide bonds. The molecule has 0 radical (unpaired) electrons. The van der Waals surface area contributed by atoms with Gasteiger partial charge in [0, 0.05) is 17.1 Å². The van der Waals surface area contributed by atoms with E-state index in [2.05, 4.69) is 26.6 Å². The maximum absolute atomic E-state index is 11.7. The summed E-state index contributed by atoms with van der Waals surface area (Å²) in [4.78, 5) is 11.7. The van der Waals surface area contributed by atoms with Gasteiger partial charge in [-0.2, -0.15) is 0 Å². The van der Waals surface area contributed by atoms with Crippen molar-refractivity contribution in [2.24, 2.45) is 0 Å². The predicted molar refractivity (Wildman–Crippen MR) is 73.7 cm³/mol. The number of rotatable bonds is 5. The smallest absolute Gasteiger partial charge is 0.237 e. The monoisotopic (exact) mass is 298 g/mol. The summed E-state index contributed by atoms with van der Waals surface area (Å²) in [5.74, 6) is 0.0370. The van der Waals surface area contributed by atoms with E-state index in [4.69, 9.17) is 0 Å². The van der Waals surface area contributed by atoms with Crippen LogP contribution >= 0.6 is 15.9 Å². The zero-order chi connectivity index (χ0) is 12.8. The SMILES string of the molecule is CC(C)NC(=O)C(C)NCc1cccc(Br)c1. The summed E-state index contributed by atoms with van der Waals surface area (Å²) in [6, 6.07) is 8.04. The number of hydrogen-bond donors (Lipinski definition) is 2. The molecule has 0 aliphatic rings. The molecule has 0 saturated heterocycles. The first-order valence-corrected chi connectivity index (χ1v) is 6.56. The van der Waals surface area contributed by atoms with Gasteiger partial charge in [-0.25, -0.2) is 0 Å². The Morgan fingerprint density at radius 3 is 2.65 bits per heavy atom. The Morgan fingerprint density at radius 2 is 2.06 bits per heavy atom. The van der Waals surface area contributed by atoms with Gasteiger partial charge in [0.25, 0.3) is 0 Å².